The molecular weight excluding hydrogens is 562 g/mol. The molecular formula is C32H37F4N5O2. The van der Waals surface area contributed by atoms with Crippen molar-refractivity contribution in [2.24, 2.45) is 0 Å². The SMILES string of the molecule is C/C=C/C(F)(F)Oc1ccc(N2CCN(c3ccc(CNC(=O)c4c(C)nc(C)n4/C=C(\C)F)cc3F)CC2(C)C)cc1. The van der Waals surface area contributed by atoms with Crippen molar-refractivity contribution in [1.82, 2.24) is 14.9 Å². The second kappa shape index (κ2) is 12.5. The molecule has 1 aliphatic heterocycles. The third-order valence-electron chi connectivity index (χ3n) is 7.25. The lowest BCUT2D eigenvalue weighted by atomic mass is 9.97. The van der Waals surface area contributed by atoms with Gasteiger partial charge in [-0.3, -0.25) is 9.36 Å². The van der Waals surface area contributed by atoms with Gasteiger partial charge in [0.1, 0.15) is 28.9 Å². The first-order valence-electron chi connectivity index (χ1n) is 14.0. The molecule has 1 aliphatic rings. The highest BCUT2D eigenvalue weighted by molar-refractivity contribution is 5.94. The van der Waals surface area contributed by atoms with Crippen molar-refractivity contribution >= 4 is 23.5 Å². The Balaban J connectivity index is 1.41. The van der Waals surface area contributed by atoms with Gasteiger partial charge in [-0.1, -0.05) is 12.1 Å². The van der Waals surface area contributed by atoms with E-state index in [0.717, 1.165) is 5.69 Å². The van der Waals surface area contributed by atoms with E-state index in [2.05, 4.69) is 15.2 Å². The molecule has 1 saturated heterocycles. The van der Waals surface area contributed by atoms with Crippen LogP contribution in [0.4, 0.5) is 28.9 Å². The van der Waals surface area contributed by atoms with Gasteiger partial charge in [0.25, 0.3) is 5.91 Å². The molecule has 2 heterocycles. The normalized spacial score (nSPS) is 15.7. The van der Waals surface area contributed by atoms with Crippen molar-refractivity contribution < 1.29 is 27.1 Å². The van der Waals surface area contributed by atoms with Crippen LogP contribution in [-0.2, 0) is 6.54 Å². The highest BCUT2D eigenvalue weighted by Gasteiger charge is 2.35. The number of halogens is 4. The number of hydrogen-bond donors (Lipinski definition) is 1. The number of allylic oxidation sites excluding steroid dienone is 2. The van der Waals surface area contributed by atoms with Gasteiger partial charge >= 0.3 is 6.11 Å². The first-order valence-corrected chi connectivity index (χ1v) is 14.0. The Morgan fingerprint density at radius 1 is 1.14 bits per heavy atom. The largest absolute Gasteiger partial charge is 0.429 e. The number of amides is 1. The molecule has 0 aliphatic carbocycles. The number of hydrogen-bond acceptors (Lipinski definition) is 5. The molecule has 0 bridgehead atoms. The Labute approximate surface area is 249 Å². The zero-order valence-electron chi connectivity index (χ0n) is 25.2. The van der Waals surface area contributed by atoms with Crippen LogP contribution in [0.2, 0.25) is 0 Å². The van der Waals surface area contributed by atoms with E-state index < -0.39 is 29.2 Å². The van der Waals surface area contributed by atoms with Gasteiger partial charge in [-0.25, -0.2) is 13.8 Å². The molecule has 7 nitrogen and oxygen atoms in total. The maximum Gasteiger partial charge on any atom is 0.419 e. The lowest BCUT2D eigenvalue weighted by Gasteiger charge is -2.49. The van der Waals surface area contributed by atoms with Crippen LogP contribution in [0.3, 0.4) is 0 Å². The van der Waals surface area contributed by atoms with Gasteiger partial charge in [-0.15, -0.1) is 0 Å². The fourth-order valence-electron chi connectivity index (χ4n) is 5.40. The predicted octanol–water partition coefficient (Wildman–Crippen LogP) is 7.01. The Morgan fingerprint density at radius 2 is 1.84 bits per heavy atom. The minimum absolute atomic E-state index is 0.0595. The quantitative estimate of drug-likeness (QED) is 0.212. The third-order valence-corrected chi connectivity index (χ3v) is 7.25. The van der Waals surface area contributed by atoms with Crippen LogP contribution in [0.25, 0.3) is 6.20 Å². The third kappa shape index (κ3) is 7.39. The average molecular weight is 600 g/mol. The van der Waals surface area contributed by atoms with Gasteiger partial charge in [-0.05, 0) is 83.5 Å². The van der Waals surface area contributed by atoms with E-state index in [9.17, 15) is 18.0 Å². The molecule has 43 heavy (non-hydrogen) atoms. The molecule has 1 aromatic heterocycles. The molecule has 1 N–H and O–H groups in total. The predicted molar refractivity (Wildman–Crippen MR) is 161 cm³/mol. The summed E-state index contributed by atoms with van der Waals surface area (Å²) in [5.74, 6) is -0.776. The summed E-state index contributed by atoms with van der Waals surface area (Å²) in [6.45, 7) is 11.9. The van der Waals surface area contributed by atoms with Gasteiger partial charge in [0.2, 0.25) is 0 Å². The van der Waals surface area contributed by atoms with Gasteiger partial charge in [0, 0.05) is 44.1 Å². The average Bonchev–Trinajstić information content (AvgIpc) is 3.18. The second-order valence-corrected chi connectivity index (χ2v) is 11.2. The summed E-state index contributed by atoms with van der Waals surface area (Å²) >= 11 is 0. The zero-order chi connectivity index (χ0) is 31.5. The number of benzene rings is 2. The molecule has 1 amide bonds. The number of carbonyl (C=O) groups is 1. The topological polar surface area (TPSA) is 62.6 Å². The first-order chi connectivity index (χ1) is 20.2. The van der Waals surface area contributed by atoms with Gasteiger partial charge in [-0.2, -0.15) is 8.78 Å². The van der Waals surface area contributed by atoms with E-state index in [1.54, 1.807) is 38.1 Å². The summed E-state index contributed by atoms with van der Waals surface area (Å²) in [4.78, 5) is 21.3. The minimum atomic E-state index is -3.39. The maximum atomic E-state index is 15.4. The van der Waals surface area contributed by atoms with E-state index in [4.69, 9.17) is 4.74 Å². The fraction of sp³-hybridized carbons (Fsp3) is 0.375. The summed E-state index contributed by atoms with van der Waals surface area (Å²) in [6, 6.07) is 11.4. The van der Waals surface area contributed by atoms with Crippen molar-refractivity contribution in [3.63, 3.8) is 0 Å². The molecule has 11 heteroatoms. The number of imidazole rings is 1. The highest BCUT2D eigenvalue weighted by Crippen LogP contribution is 2.33. The van der Waals surface area contributed by atoms with E-state index >= 15 is 4.39 Å². The van der Waals surface area contributed by atoms with Crippen molar-refractivity contribution in [3.8, 4) is 5.75 Å². The molecule has 0 radical (unpaired) electrons. The van der Waals surface area contributed by atoms with Crippen LogP contribution >= 0.6 is 0 Å². The van der Waals surface area contributed by atoms with E-state index in [1.165, 1.54) is 48.9 Å². The van der Waals surface area contributed by atoms with Crippen molar-refractivity contribution in [2.75, 3.05) is 29.4 Å². The fourth-order valence-corrected chi connectivity index (χ4v) is 5.40. The van der Waals surface area contributed by atoms with Crippen LogP contribution in [0.1, 0.15) is 55.3 Å². The lowest BCUT2D eigenvalue weighted by Crippen LogP contribution is -2.60. The Bertz CT molecular complexity index is 1530. The smallest absolute Gasteiger partial charge is 0.419 e. The Morgan fingerprint density at radius 3 is 2.44 bits per heavy atom. The van der Waals surface area contributed by atoms with Crippen molar-refractivity contribution in [3.05, 3.63) is 89.0 Å². The number of nitrogens with one attached hydrogen (secondary N) is 1. The second-order valence-electron chi connectivity index (χ2n) is 11.2. The number of anilines is 2. The number of ether oxygens (including phenoxy) is 1. The molecule has 1 fully saturated rings. The lowest BCUT2D eigenvalue weighted by molar-refractivity contribution is -0.131. The van der Waals surface area contributed by atoms with Crippen LogP contribution < -0.4 is 19.9 Å². The van der Waals surface area contributed by atoms with Crippen LogP contribution in [0.5, 0.6) is 5.75 Å². The summed E-state index contributed by atoms with van der Waals surface area (Å²) in [5, 5.41) is 2.78. The maximum absolute atomic E-state index is 15.4. The van der Waals surface area contributed by atoms with E-state index in [-0.39, 0.29) is 18.0 Å². The summed E-state index contributed by atoms with van der Waals surface area (Å²) < 4.78 is 62.6. The molecule has 0 atom stereocenters. The van der Waals surface area contributed by atoms with Gasteiger partial charge < -0.3 is 19.9 Å². The Hall–Kier alpha value is -4.28. The standard InChI is InChI=1S/C32H37F4N5O2/c1-7-14-32(35,36)43-26-11-9-25(10-12-26)41-16-15-39(20-31(41,5)6)28-13-8-24(17-27(28)34)18-37-30(42)29-22(3)38-23(4)40(29)19-21(2)33/h7-14,17,19H,15-16,18,20H2,1-6H3,(H,37,42)/b14-7+,21-19+. The number of nitrogens with zero attached hydrogens (tertiary/aromatic N) is 4. The minimum Gasteiger partial charge on any atom is -0.429 e. The zero-order valence-corrected chi connectivity index (χ0v) is 25.2. The van der Waals surface area contributed by atoms with Gasteiger partial charge in [0.15, 0.2) is 0 Å². The van der Waals surface area contributed by atoms with Crippen molar-refractivity contribution in [1.29, 1.82) is 0 Å². The van der Waals surface area contributed by atoms with Crippen LogP contribution in [0, 0.1) is 19.7 Å². The summed E-state index contributed by atoms with van der Waals surface area (Å²) in [6.07, 6.45) is -0.253. The van der Waals surface area contributed by atoms with E-state index in [1.807, 2.05) is 18.7 Å². The number of aromatic nitrogens is 2. The number of rotatable bonds is 9. The number of piperazine rings is 1. The number of alkyl halides is 2. The highest BCUT2D eigenvalue weighted by atomic mass is 19.3. The summed E-state index contributed by atoms with van der Waals surface area (Å²) in [7, 11) is 0. The number of aryl methyl sites for hydroxylation is 2. The molecule has 0 saturated carbocycles. The van der Waals surface area contributed by atoms with Crippen LogP contribution in [0.15, 0.2) is 60.4 Å². The molecule has 0 spiro atoms. The molecule has 0 unspecified atom stereocenters. The number of carbonyl (C=O) groups excluding carboxylic acids is 1. The molecule has 3 aromatic rings. The summed E-state index contributed by atoms with van der Waals surface area (Å²) in [5.41, 5.74) is 2.16. The van der Waals surface area contributed by atoms with E-state index in [0.29, 0.717) is 48.5 Å². The van der Waals surface area contributed by atoms with Crippen molar-refractivity contribution in [2.45, 2.75) is 59.7 Å². The first kappa shape index (κ1) is 31.7. The Kier molecular flexibility index (Phi) is 9.22. The molecule has 4 rings (SSSR count). The van der Waals surface area contributed by atoms with Crippen LogP contribution in [-0.4, -0.2) is 46.7 Å². The molecule has 2 aromatic carbocycles. The van der Waals surface area contributed by atoms with Gasteiger partial charge in [0.05, 0.1) is 16.9 Å². The monoisotopic (exact) mass is 599 g/mol. The molecule has 230 valence electrons.